The first kappa shape index (κ1) is 20.0. The van der Waals surface area contributed by atoms with Crippen LogP contribution in [0.3, 0.4) is 0 Å². The lowest BCUT2D eigenvalue weighted by molar-refractivity contribution is -0.129. The minimum atomic E-state index is -3.61. The second kappa shape index (κ2) is 7.73. The monoisotopic (exact) mass is 398 g/mol. The summed E-state index contributed by atoms with van der Waals surface area (Å²) in [5, 5.41) is -0.923. The zero-order chi connectivity index (χ0) is 19.8. The van der Waals surface area contributed by atoms with Gasteiger partial charge in [0.25, 0.3) is 0 Å². The topological polar surface area (TPSA) is 86.9 Å². The lowest BCUT2D eigenvalue weighted by atomic mass is 10.1. The fourth-order valence-electron chi connectivity index (χ4n) is 3.68. The van der Waals surface area contributed by atoms with Gasteiger partial charge in [-0.3, -0.25) is 4.79 Å². The Morgan fingerprint density at radius 3 is 2.48 bits per heavy atom. The number of piperazine rings is 1. The molecule has 2 heterocycles. The standard InChI is InChI=1S/C18H27FN4O3S/c1-13-3-6-18(20)27(25,26)23(13)12-15-4-5-16(11-17(15)19)22-9-7-21(8-10-22)14(2)24/h4-5,11,13,18H,3,6-10,12,20H2,1-2H3/t13-,18?/m0/s1. The molecule has 1 aromatic rings. The van der Waals surface area contributed by atoms with Crippen molar-refractivity contribution in [3.05, 3.63) is 29.6 Å². The van der Waals surface area contributed by atoms with E-state index in [9.17, 15) is 17.6 Å². The number of halogens is 1. The van der Waals surface area contributed by atoms with Crippen LogP contribution in [0, 0.1) is 5.82 Å². The van der Waals surface area contributed by atoms with Gasteiger partial charge in [0.05, 0.1) is 0 Å². The zero-order valence-electron chi connectivity index (χ0n) is 15.8. The third-order valence-electron chi connectivity index (χ3n) is 5.52. The Hall–Kier alpha value is -1.71. The molecule has 1 unspecified atom stereocenters. The fraction of sp³-hybridized carbons (Fsp3) is 0.611. The third-order valence-corrected chi connectivity index (χ3v) is 7.67. The van der Waals surface area contributed by atoms with E-state index in [0.29, 0.717) is 44.6 Å². The average molecular weight is 399 g/mol. The Morgan fingerprint density at radius 1 is 1.22 bits per heavy atom. The van der Waals surface area contributed by atoms with E-state index in [1.807, 2.05) is 17.9 Å². The van der Waals surface area contributed by atoms with Crippen molar-refractivity contribution in [2.24, 2.45) is 5.73 Å². The van der Waals surface area contributed by atoms with E-state index in [2.05, 4.69) is 0 Å². The van der Waals surface area contributed by atoms with Crippen LogP contribution in [0.5, 0.6) is 0 Å². The molecule has 1 amide bonds. The number of benzene rings is 1. The maximum absolute atomic E-state index is 14.7. The van der Waals surface area contributed by atoms with Crippen LogP contribution in [0.2, 0.25) is 0 Å². The van der Waals surface area contributed by atoms with Crippen LogP contribution in [-0.4, -0.2) is 61.1 Å². The first-order chi connectivity index (χ1) is 12.7. The van der Waals surface area contributed by atoms with Crippen LogP contribution >= 0.6 is 0 Å². The van der Waals surface area contributed by atoms with Gasteiger partial charge in [-0.05, 0) is 31.9 Å². The highest BCUT2D eigenvalue weighted by molar-refractivity contribution is 7.89. The number of hydrogen-bond acceptors (Lipinski definition) is 5. The summed E-state index contributed by atoms with van der Waals surface area (Å²) in [4.78, 5) is 15.2. The quantitative estimate of drug-likeness (QED) is 0.824. The van der Waals surface area contributed by atoms with Crippen molar-refractivity contribution in [2.45, 2.75) is 44.6 Å². The van der Waals surface area contributed by atoms with Crippen molar-refractivity contribution >= 4 is 21.6 Å². The first-order valence-corrected chi connectivity index (χ1v) is 10.8. The van der Waals surface area contributed by atoms with Gasteiger partial charge in [-0.1, -0.05) is 6.07 Å². The third kappa shape index (κ3) is 4.09. The second-order valence-corrected chi connectivity index (χ2v) is 9.43. The predicted molar refractivity (Wildman–Crippen MR) is 102 cm³/mol. The van der Waals surface area contributed by atoms with Crippen LogP contribution in [0.1, 0.15) is 32.3 Å². The van der Waals surface area contributed by atoms with Gasteiger partial charge in [0, 0.05) is 56.9 Å². The molecule has 7 nitrogen and oxygen atoms in total. The number of sulfonamides is 1. The summed E-state index contributed by atoms with van der Waals surface area (Å²) in [6.45, 7) is 5.87. The second-order valence-electron chi connectivity index (χ2n) is 7.32. The van der Waals surface area contributed by atoms with Gasteiger partial charge in [-0.2, -0.15) is 4.31 Å². The molecule has 2 fully saturated rings. The summed E-state index contributed by atoms with van der Waals surface area (Å²) in [5.41, 5.74) is 6.83. The molecular weight excluding hydrogens is 371 g/mol. The molecule has 0 spiro atoms. The van der Waals surface area contributed by atoms with Crippen LogP contribution in [-0.2, 0) is 21.4 Å². The smallest absolute Gasteiger partial charge is 0.230 e. The Morgan fingerprint density at radius 2 is 1.89 bits per heavy atom. The number of carbonyl (C=O) groups excluding carboxylic acids is 1. The van der Waals surface area contributed by atoms with Crippen LogP contribution < -0.4 is 10.6 Å². The molecule has 2 atom stereocenters. The van der Waals surface area contributed by atoms with E-state index >= 15 is 0 Å². The van der Waals surface area contributed by atoms with Crippen molar-refractivity contribution in [1.82, 2.24) is 9.21 Å². The maximum Gasteiger partial charge on any atom is 0.230 e. The Labute approximate surface area is 160 Å². The number of carbonyl (C=O) groups is 1. The largest absolute Gasteiger partial charge is 0.368 e. The molecule has 0 bridgehead atoms. The summed E-state index contributed by atoms with van der Waals surface area (Å²) in [7, 11) is -3.61. The highest BCUT2D eigenvalue weighted by Gasteiger charge is 2.37. The summed E-state index contributed by atoms with van der Waals surface area (Å²) in [6.07, 6.45) is 1.09. The van der Waals surface area contributed by atoms with Crippen LogP contribution in [0.25, 0.3) is 0 Å². The molecule has 0 radical (unpaired) electrons. The van der Waals surface area contributed by atoms with Crippen molar-refractivity contribution in [3.63, 3.8) is 0 Å². The molecule has 0 aliphatic carbocycles. The minimum Gasteiger partial charge on any atom is -0.368 e. The van der Waals surface area contributed by atoms with Gasteiger partial charge in [0.2, 0.25) is 15.9 Å². The number of nitrogens with two attached hydrogens (primary N) is 1. The molecule has 9 heteroatoms. The van der Waals surface area contributed by atoms with E-state index in [0.717, 1.165) is 5.69 Å². The van der Waals surface area contributed by atoms with Gasteiger partial charge in [0.1, 0.15) is 11.2 Å². The predicted octanol–water partition coefficient (Wildman–Crippen LogP) is 1.09. The Balaban J connectivity index is 1.73. The molecule has 2 aliphatic heterocycles. The zero-order valence-corrected chi connectivity index (χ0v) is 16.6. The molecule has 2 N–H and O–H groups in total. The maximum atomic E-state index is 14.7. The number of rotatable bonds is 3. The molecule has 0 saturated carbocycles. The molecule has 0 aromatic heterocycles. The van der Waals surface area contributed by atoms with Crippen LogP contribution in [0.15, 0.2) is 18.2 Å². The van der Waals surface area contributed by atoms with E-state index in [4.69, 9.17) is 5.73 Å². The first-order valence-electron chi connectivity index (χ1n) is 9.25. The van der Waals surface area contributed by atoms with E-state index in [-0.39, 0.29) is 18.5 Å². The van der Waals surface area contributed by atoms with Crippen LogP contribution in [0.4, 0.5) is 10.1 Å². The molecule has 1 aromatic carbocycles. The molecule has 2 aliphatic rings. The van der Waals surface area contributed by atoms with Gasteiger partial charge in [-0.15, -0.1) is 0 Å². The highest BCUT2D eigenvalue weighted by atomic mass is 32.2. The molecule has 150 valence electrons. The number of amides is 1. The number of anilines is 1. The van der Waals surface area contributed by atoms with E-state index in [1.54, 1.807) is 17.9 Å². The normalized spacial score (nSPS) is 26.2. The number of hydrogen-bond donors (Lipinski definition) is 1. The molecule has 27 heavy (non-hydrogen) atoms. The highest BCUT2D eigenvalue weighted by Crippen LogP contribution is 2.28. The van der Waals surface area contributed by atoms with E-state index < -0.39 is 21.2 Å². The van der Waals surface area contributed by atoms with Crippen molar-refractivity contribution in [1.29, 1.82) is 0 Å². The average Bonchev–Trinajstić information content (AvgIpc) is 2.63. The van der Waals surface area contributed by atoms with Gasteiger partial charge < -0.3 is 15.5 Å². The van der Waals surface area contributed by atoms with Crippen molar-refractivity contribution < 1.29 is 17.6 Å². The SMILES string of the molecule is CC(=O)N1CCN(c2ccc(CN3[C@@H](C)CCC(N)S3(=O)=O)c(F)c2)CC1. The summed E-state index contributed by atoms with van der Waals surface area (Å²) >= 11 is 0. The van der Waals surface area contributed by atoms with E-state index in [1.165, 1.54) is 10.4 Å². The van der Waals surface area contributed by atoms with Crippen molar-refractivity contribution in [3.8, 4) is 0 Å². The Bertz CT molecular complexity index is 809. The molecule has 3 rings (SSSR count). The lowest BCUT2D eigenvalue weighted by Gasteiger charge is -2.36. The summed E-state index contributed by atoms with van der Waals surface area (Å²) in [6, 6.07) is 4.70. The number of nitrogens with zero attached hydrogens (tertiary/aromatic N) is 3. The summed E-state index contributed by atoms with van der Waals surface area (Å²) < 4.78 is 41.0. The summed E-state index contributed by atoms with van der Waals surface area (Å²) in [5.74, 6) is -0.380. The Kier molecular flexibility index (Phi) is 5.73. The molecule has 2 saturated heterocycles. The van der Waals surface area contributed by atoms with Gasteiger partial charge in [-0.25, -0.2) is 12.8 Å². The molecular formula is C18H27FN4O3S. The lowest BCUT2D eigenvalue weighted by Crippen LogP contribution is -2.51. The van der Waals surface area contributed by atoms with Gasteiger partial charge in [0.15, 0.2) is 0 Å². The van der Waals surface area contributed by atoms with Crippen molar-refractivity contribution in [2.75, 3.05) is 31.1 Å². The minimum absolute atomic E-state index is 0.0125. The van der Waals surface area contributed by atoms with Gasteiger partial charge >= 0.3 is 0 Å². The fourth-order valence-corrected chi connectivity index (χ4v) is 5.39.